The Morgan fingerprint density at radius 3 is 2.47 bits per heavy atom. The second-order valence-corrected chi connectivity index (χ2v) is 4.45. The fraction of sp³-hybridized carbons (Fsp3) is 0.364. The maximum absolute atomic E-state index is 11.5. The molecule has 2 aromatic rings. The maximum Gasteiger partial charge on any atom is 0.351 e. The van der Waals surface area contributed by atoms with E-state index < -0.39 is 16.2 Å². The minimum absolute atomic E-state index is 0.186. The normalized spacial score (nSPS) is 10.9. The van der Waals surface area contributed by atoms with Gasteiger partial charge in [-0.1, -0.05) is 13.8 Å². The van der Waals surface area contributed by atoms with Crippen molar-refractivity contribution in [2.75, 3.05) is 0 Å². The fourth-order valence-electron chi connectivity index (χ4n) is 1.79. The zero-order valence-electron chi connectivity index (χ0n) is 10.7. The molecule has 0 aliphatic rings. The van der Waals surface area contributed by atoms with Gasteiger partial charge in [0.1, 0.15) is 6.20 Å². The lowest BCUT2D eigenvalue weighted by Crippen LogP contribution is -2.13. The minimum Gasteiger partial charge on any atom is -0.339 e. The van der Waals surface area contributed by atoms with Gasteiger partial charge in [-0.25, -0.2) is 9.97 Å². The molecule has 2 rings (SSSR count). The molecule has 0 saturated carbocycles. The third-order valence-corrected chi connectivity index (χ3v) is 2.67. The number of aryl methyl sites for hydroxylation is 1. The third-order valence-electron chi connectivity index (χ3n) is 2.67. The number of imidazole rings is 1. The minimum atomic E-state index is -0.796. The Morgan fingerprint density at radius 2 is 2.00 bits per heavy atom. The molecule has 19 heavy (non-hydrogen) atoms. The van der Waals surface area contributed by atoms with Gasteiger partial charge >= 0.3 is 11.2 Å². The van der Waals surface area contributed by atoms with Crippen molar-refractivity contribution in [3.63, 3.8) is 0 Å². The number of aromatic nitrogens is 4. The third kappa shape index (κ3) is 2.37. The Labute approximate surface area is 108 Å². The number of nitro groups is 1. The second kappa shape index (κ2) is 4.63. The topological polar surface area (TPSA) is 118 Å². The lowest BCUT2D eigenvalue weighted by Gasteiger charge is -1.99. The predicted molar refractivity (Wildman–Crippen MR) is 67.9 cm³/mol. The van der Waals surface area contributed by atoms with E-state index in [9.17, 15) is 14.9 Å². The highest BCUT2D eigenvalue weighted by atomic mass is 16.6. The molecule has 8 heteroatoms. The van der Waals surface area contributed by atoms with Crippen LogP contribution in [0.4, 0.5) is 5.69 Å². The number of H-pyrrole nitrogens is 2. The summed E-state index contributed by atoms with van der Waals surface area (Å²) >= 11 is 0. The molecule has 0 aliphatic heterocycles. The molecule has 0 amide bonds. The molecule has 2 N–H and O–H groups in total. The van der Waals surface area contributed by atoms with Crippen molar-refractivity contribution in [3.8, 4) is 11.6 Å². The van der Waals surface area contributed by atoms with Gasteiger partial charge in [-0.15, -0.1) is 0 Å². The summed E-state index contributed by atoms with van der Waals surface area (Å²) in [6, 6.07) is 0. The second-order valence-electron chi connectivity index (χ2n) is 4.45. The maximum atomic E-state index is 11.5. The summed E-state index contributed by atoms with van der Waals surface area (Å²) in [5, 5.41) is 10.5. The lowest BCUT2D eigenvalue weighted by atomic mass is 10.1. The van der Waals surface area contributed by atoms with Crippen LogP contribution < -0.4 is 5.56 Å². The van der Waals surface area contributed by atoms with Gasteiger partial charge in [-0.2, -0.15) is 0 Å². The first kappa shape index (κ1) is 12.9. The molecule has 0 spiro atoms. The number of hydrogen-bond donors (Lipinski definition) is 2. The summed E-state index contributed by atoms with van der Waals surface area (Å²) in [5.41, 5.74) is 0.369. The Kier molecular flexibility index (Phi) is 3.16. The quantitative estimate of drug-likeness (QED) is 0.642. The monoisotopic (exact) mass is 263 g/mol. The van der Waals surface area contributed by atoms with Crippen LogP contribution >= 0.6 is 0 Å². The van der Waals surface area contributed by atoms with E-state index in [1.807, 2.05) is 20.8 Å². The van der Waals surface area contributed by atoms with Gasteiger partial charge in [0.2, 0.25) is 0 Å². The van der Waals surface area contributed by atoms with Crippen LogP contribution in [-0.4, -0.2) is 24.9 Å². The highest BCUT2D eigenvalue weighted by Gasteiger charge is 2.17. The summed E-state index contributed by atoms with van der Waals surface area (Å²) in [7, 11) is 0. The molecule has 0 radical (unpaired) electrons. The van der Waals surface area contributed by atoms with Crippen molar-refractivity contribution in [1.82, 2.24) is 19.9 Å². The molecular formula is C11H13N5O3. The number of hydrogen-bond acceptors (Lipinski definition) is 5. The molecule has 0 aromatic carbocycles. The van der Waals surface area contributed by atoms with Crippen molar-refractivity contribution in [2.45, 2.75) is 26.7 Å². The van der Waals surface area contributed by atoms with E-state index in [1.54, 1.807) is 0 Å². The summed E-state index contributed by atoms with van der Waals surface area (Å²) in [5.74, 6) is 0.813. The average molecular weight is 263 g/mol. The van der Waals surface area contributed by atoms with E-state index in [1.165, 1.54) is 0 Å². The van der Waals surface area contributed by atoms with Crippen molar-refractivity contribution in [1.29, 1.82) is 0 Å². The van der Waals surface area contributed by atoms with E-state index in [-0.39, 0.29) is 11.7 Å². The molecule has 0 fully saturated rings. The SMILES string of the molecule is Cc1[nH]c(-c2ncc([N+](=O)[O-])c(=O)[nH]2)nc1C(C)C. The van der Waals surface area contributed by atoms with Gasteiger partial charge in [0.15, 0.2) is 11.6 Å². The van der Waals surface area contributed by atoms with Gasteiger partial charge in [0.25, 0.3) is 0 Å². The van der Waals surface area contributed by atoms with E-state index in [0.717, 1.165) is 17.6 Å². The lowest BCUT2D eigenvalue weighted by molar-refractivity contribution is -0.386. The number of nitrogens with zero attached hydrogens (tertiary/aromatic N) is 3. The number of nitrogens with one attached hydrogen (secondary N) is 2. The number of aromatic amines is 2. The van der Waals surface area contributed by atoms with Crippen LogP contribution in [-0.2, 0) is 0 Å². The van der Waals surface area contributed by atoms with Crippen molar-refractivity contribution in [3.05, 3.63) is 38.1 Å². The first-order valence-electron chi connectivity index (χ1n) is 5.70. The molecule has 0 unspecified atom stereocenters. The Morgan fingerprint density at radius 1 is 1.32 bits per heavy atom. The molecule has 0 aliphatic carbocycles. The van der Waals surface area contributed by atoms with Crippen LogP contribution in [0.5, 0.6) is 0 Å². The molecule has 0 atom stereocenters. The zero-order chi connectivity index (χ0) is 14.2. The molecule has 8 nitrogen and oxygen atoms in total. The van der Waals surface area contributed by atoms with Gasteiger partial charge < -0.3 is 4.98 Å². The van der Waals surface area contributed by atoms with E-state index >= 15 is 0 Å². The largest absolute Gasteiger partial charge is 0.351 e. The molecule has 2 heterocycles. The van der Waals surface area contributed by atoms with E-state index in [0.29, 0.717) is 5.82 Å². The summed E-state index contributed by atoms with van der Waals surface area (Å²) in [6.07, 6.45) is 0.932. The molecular weight excluding hydrogens is 250 g/mol. The molecule has 100 valence electrons. The van der Waals surface area contributed by atoms with Crippen LogP contribution in [0, 0.1) is 17.0 Å². The fourth-order valence-corrected chi connectivity index (χ4v) is 1.79. The Hall–Kier alpha value is -2.51. The van der Waals surface area contributed by atoms with Gasteiger partial charge in [-0.3, -0.25) is 19.9 Å². The van der Waals surface area contributed by atoms with E-state index in [4.69, 9.17) is 0 Å². The van der Waals surface area contributed by atoms with Crippen molar-refractivity contribution < 1.29 is 4.92 Å². The smallest absolute Gasteiger partial charge is 0.339 e. The van der Waals surface area contributed by atoms with Gasteiger partial charge in [0, 0.05) is 5.69 Å². The van der Waals surface area contributed by atoms with Crippen LogP contribution in [0.2, 0.25) is 0 Å². The highest BCUT2D eigenvalue weighted by Crippen LogP contribution is 2.20. The summed E-state index contributed by atoms with van der Waals surface area (Å²) in [4.78, 5) is 34.8. The summed E-state index contributed by atoms with van der Waals surface area (Å²) in [6.45, 7) is 5.87. The Bertz CT molecular complexity index is 686. The van der Waals surface area contributed by atoms with Crippen LogP contribution in [0.1, 0.15) is 31.2 Å². The van der Waals surface area contributed by atoms with Crippen LogP contribution in [0.25, 0.3) is 11.6 Å². The van der Waals surface area contributed by atoms with Gasteiger partial charge in [-0.05, 0) is 12.8 Å². The molecule has 2 aromatic heterocycles. The van der Waals surface area contributed by atoms with Crippen molar-refractivity contribution >= 4 is 5.69 Å². The molecule has 0 bridgehead atoms. The van der Waals surface area contributed by atoms with Crippen LogP contribution in [0.15, 0.2) is 11.0 Å². The van der Waals surface area contributed by atoms with Gasteiger partial charge in [0.05, 0.1) is 10.6 Å². The number of rotatable bonds is 3. The van der Waals surface area contributed by atoms with Crippen LogP contribution in [0.3, 0.4) is 0 Å². The highest BCUT2D eigenvalue weighted by molar-refractivity contribution is 5.46. The standard InChI is InChI=1S/C11H13N5O3/c1-5(2)8-6(3)13-10(14-8)9-12-4-7(16(18)19)11(17)15-9/h4-5H,1-3H3,(H,13,14)(H,12,15,17). The van der Waals surface area contributed by atoms with Crippen molar-refractivity contribution in [2.24, 2.45) is 0 Å². The summed E-state index contributed by atoms with van der Waals surface area (Å²) < 4.78 is 0. The molecule has 0 saturated heterocycles. The first-order chi connectivity index (χ1) is 8.90. The first-order valence-corrected chi connectivity index (χ1v) is 5.70. The average Bonchev–Trinajstić information content (AvgIpc) is 2.70. The zero-order valence-corrected chi connectivity index (χ0v) is 10.7. The van der Waals surface area contributed by atoms with E-state index in [2.05, 4.69) is 19.9 Å². The predicted octanol–water partition coefficient (Wildman–Crippen LogP) is 1.50. The Balaban J connectivity index is 2.48.